The summed E-state index contributed by atoms with van der Waals surface area (Å²) in [4.78, 5) is 12.6. The zero-order chi connectivity index (χ0) is 18.9. The molecular weight excluding hydrogens is 332 g/mol. The zero-order valence-electron chi connectivity index (χ0n) is 14.9. The number of nitrogens with one attached hydrogen (secondary N) is 1. The van der Waals surface area contributed by atoms with Crippen molar-refractivity contribution in [3.05, 3.63) is 59.7 Å². The van der Waals surface area contributed by atoms with Gasteiger partial charge in [-0.1, -0.05) is 37.6 Å². The largest absolute Gasteiger partial charge is 0.493 e. The van der Waals surface area contributed by atoms with Gasteiger partial charge in [-0.15, -0.1) is 0 Å². The average molecular weight is 358 g/mol. The lowest BCUT2D eigenvalue weighted by Gasteiger charge is -2.23. The van der Waals surface area contributed by atoms with Crippen LogP contribution >= 0.6 is 0 Å². The van der Waals surface area contributed by atoms with Crippen LogP contribution in [0, 0.1) is 0 Å². The fourth-order valence-corrected chi connectivity index (χ4v) is 2.50. The Kier molecular flexibility index (Phi) is 7.44. The van der Waals surface area contributed by atoms with Crippen molar-refractivity contribution >= 4 is 11.6 Å². The molecule has 0 aliphatic carbocycles. The van der Waals surface area contributed by atoms with E-state index in [1.807, 2.05) is 0 Å². The van der Waals surface area contributed by atoms with Crippen molar-refractivity contribution in [1.29, 1.82) is 0 Å². The summed E-state index contributed by atoms with van der Waals surface area (Å²) in [6, 6.07) is 12.7. The monoisotopic (exact) mass is 358 g/mol. The molecule has 6 nitrogen and oxygen atoms in total. The number of aliphatic hydroxyl groups is 2. The van der Waals surface area contributed by atoms with Crippen LogP contribution in [0.15, 0.2) is 48.5 Å². The minimum Gasteiger partial charge on any atom is -0.493 e. The van der Waals surface area contributed by atoms with Crippen LogP contribution in [0.1, 0.15) is 41.8 Å². The van der Waals surface area contributed by atoms with Crippen molar-refractivity contribution < 1.29 is 19.7 Å². The fraction of sp³-hybridized carbons (Fsp3) is 0.350. The highest BCUT2D eigenvalue weighted by atomic mass is 16.5. The van der Waals surface area contributed by atoms with Gasteiger partial charge < -0.3 is 26.0 Å². The maximum absolute atomic E-state index is 12.6. The third-order valence-corrected chi connectivity index (χ3v) is 4.06. The summed E-state index contributed by atoms with van der Waals surface area (Å²) >= 11 is 0. The second-order valence-electron chi connectivity index (χ2n) is 6.07. The van der Waals surface area contributed by atoms with Crippen LogP contribution in [-0.4, -0.2) is 35.4 Å². The molecule has 0 saturated carbocycles. The Morgan fingerprint density at radius 2 is 1.88 bits per heavy atom. The van der Waals surface area contributed by atoms with Crippen LogP contribution < -0.4 is 15.8 Å². The second kappa shape index (κ2) is 9.79. The smallest absolute Gasteiger partial charge is 0.255 e. The van der Waals surface area contributed by atoms with Gasteiger partial charge in [0.2, 0.25) is 0 Å². The van der Waals surface area contributed by atoms with Gasteiger partial charge in [0.05, 0.1) is 24.8 Å². The SMILES string of the molecule is CCCCOc1ccccc1C(=O)NC(CO)C(O)c1ccc(N)cc1. The molecule has 0 radical (unpaired) electrons. The predicted molar refractivity (Wildman–Crippen MR) is 101 cm³/mol. The molecule has 0 fully saturated rings. The lowest BCUT2D eigenvalue weighted by Crippen LogP contribution is -2.42. The molecule has 26 heavy (non-hydrogen) atoms. The number of amides is 1. The van der Waals surface area contributed by atoms with Crippen LogP contribution in [0.4, 0.5) is 5.69 Å². The molecule has 2 aromatic rings. The van der Waals surface area contributed by atoms with Gasteiger partial charge in [0.25, 0.3) is 5.91 Å². The van der Waals surface area contributed by atoms with E-state index in [0.717, 1.165) is 12.8 Å². The van der Waals surface area contributed by atoms with Crippen LogP contribution in [0.2, 0.25) is 0 Å². The van der Waals surface area contributed by atoms with Crippen LogP contribution in [0.25, 0.3) is 0 Å². The Morgan fingerprint density at radius 3 is 2.54 bits per heavy atom. The van der Waals surface area contributed by atoms with Crippen molar-refractivity contribution in [2.45, 2.75) is 31.9 Å². The standard InChI is InChI=1S/C20H26N2O4/c1-2-3-12-26-18-7-5-4-6-16(18)20(25)22-17(13-23)19(24)14-8-10-15(21)11-9-14/h4-11,17,19,23-24H,2-3,12-13,21H2,1H3,(H,22,25). The third-order valence-electron chi connectivity index (χ3n) is 4.06. The molecule has 0 heterocycles. The summed E-state index contributed by atoms with van der Waals surface area (Å²) in [5.74, 6) is 0.0720. The van der Waals surface area contributed by atoms with Crippen molar-refractivity contribution in [2.75, 3.05) is 18.9 Å². The number of hydrogen-bond acceptors (Lipinski definition) is 5. The molecule has 0 saturated heterocycles. The zero-order valence-corrected chi connectivity index (χ0v) is 14.9. The number of anilines is 1. The van der Waals surface area contributed by atoms with Crippen LogP contribution in [0.3, 0.4) is 0 Å². The topological polar surface area (TPSA) is 105 Å². The number of carbonyl (C=O) groups excluding carboxylic acids is 1. The van der Waals surface area contributed by atoms with Crippen molar-refractivity contribution in [3.63, 3.8) is 0 Å². The predicted octanol–water partition coefficient (Wildman–Crippen LogP) is 2.27. The summed E-state index contributed by atoms with van der Waals surface area (Å²) in [5.41, 5.74) is 7.15. The van der Waals surface area contributed by atoms with E-state index in [9.17, 15) is 15.0 Å². The number of hydrogen-bond donors (Lipinski definition) is 4. The van der Waals surface area contributed by atoms with Gasteiger partial charge in [0.15, 0.2) is 0 Å². The highest BCUT2D eigenvalue weighted by Crippen LogP contribution is 2.21. The summed E-state index contributed by atoms with van der Waals surface area (Å²) < 4.78 is 5.67. The van der Waals surface area contributed by atoms with E-state index in [2.05, 4.69) is 12.2 Å². The van der Waals surface area contributed by atoms with Gasteiger partial charge >= 0.3 is 0 Å². The molecular formula is C20H26N2O4. The molecule has 2 aromatic carbocycles. The molecule has 0 aliphatic rings. The lowest BCUT2D eigenvalue weighted by molar-refractivity contribution is 0.0700. The van der Waals surface area contributed by atoms with Gasteiger partial charge in [0.1, 0.15) is 11.9 Å². The number of nitrogens with two attached hydrogens (primary N) is 1. The van der Waals surface area contributed by atoms with Crippen LogP contribution in [-0.2, 0) is 0 Å². The van der Waals surface area contributed by atoms with E-state index in [0.29, 0.717) is 29.2 Å². The number of aliphatic hydroxyl groups excluding tert-OH is 2. The number of nitrogen functional groups attached to an aromatic ring is 1. The molecule has 0 spiro atoms. The quantitative estimate of drug-likeness (QED) is 0.407. The summed E-state index contributed by atoms with van der Waals surface area (Å²) in [6.07, 6.45) is 0.831. The molecule has 1 amide bonds. The number of ether oxygens (including phenoxy) is 1. The van der Waals surface area contributed by atoms with Crippen LogP contribution in [0.5, 0.6) is 5.75 Å². The van der Waals surface area contributed by atoms with E-state index < -0.39 is 24.7 Å². The first-order chi connectivity index (χ1) is 12.6. The lowest BCUT2D eigenvalue weighted by atomic mass is 10.0. The summed E-state index contributed by atoms with van der Waals surface area (Å²) in [6.45, 7) is 2.18. The fourth-order valence-electron chi connectivity index (χ4n) is 2.50. The molecule has 5 N–H and O–H groups in total. The van der Waals surface area contributed by atoms with E-state index in [1.54, 1.807) is 48.5 Å². The minimum atomic E-state index is -1.06. The average Bonchev–Trinajstić information content (AvgIpc) is 2.66. The molecule has 0 aromatic heterocycles. The van der Waals surface area contributed by atoms with E-state index in [4.69, 9.17) is 10.5 Å². The van der Waals surface area contributed by atoms with Gasteiger partial charge in [-0.25, -0.2) is 0 Å². The number of benzene rings is 2. The van der Waals surface area contributed by atoms with E-state index in [1.165, 1.54) is 0 Å². The maximum Gasteiger partial charge on any atom is 0.255 e. The Bertz CT molecular complexity index is 703. The first-order valence-electron chi connectivity index (χ1n) is 8.73. The maximum atomic E-state index is 12.6. The highest BCUT2D eigenvalue weighted by Gasteiger charge is 2.24. The molecule has 2 atom stereocenters. The second-order valence-corrected chi connectivity index (χ2v) is 6.07. The van der Waals surface area contributed by atoms with Crippen molar-refractivity contribution in [2.24, 2.45) is 0 Å². The molecule has 2 unspecified atom stereocenters. The van der Waals surface area contributed by atoms with Gasteiger partial charge in [-0.3, -0.25) is 4.79 Å². The highest BCUT2D eigenvalue weighted by molar-refractivity contribution is 5.97. The first-order valence-corrected chi connectivity index (χ1v) is 8.73. The Balaban J connectivity index is 2.10. The molecule has 0 aliphatic heterocycles. The Hall–Kier alpha value is -2.57. The Morgan fingerprint density at radius 1 is 1.19 bits per heavy atom. The number of carbonyl (C=O) groups is 1. The first kappa shape index (κ1) is 19.8. The number of unbranched alkanes of at least 4 members (excludes halogenated alkanes) is 1. The minimum absolute atomic E-state index is 0.367. The Labute approximate surface area is 153 Å². The van der Waals surface area contributed by atoms with Crippen molar-refractivity contribution in [3.8, 4) is 5.75 Å². The van der Waals surface area contributed by atoms with E-state index >= 15 is 0 Å². The van der Waals surface area contributed by atoms with E-state index in [-0.39, 0.29) is 0 Å². The molecule has 6 heteroatoms. The summed E-state index contributed by atoms with van der Waals surface area (Å²) in [7, 11) is 0. The molecule has 140 valence electrons. The summed E-state index contributed by atoms with van der Waals surface area (Å²) in [5, 5.41) is 22.8. The van der Waals surface area contributed by atoms with Crippen molar-refractivity contribution in [1.82, 2.24) is 5.32 Å². The van der Waals surface area contributed by atoms with Gasteiger partial charge in [0, 0.05) is 5.69 Å². The number of para-hydroxylation sites is 1. The normalized spacial score (nSPS) is 13.0. The van der Waals surface area contributed by atoms with Gasteiger partial charge in [-0.05, 0) is 36.2 Å². The molecule has 2 rings (SSSR count). The molecule has 0 bridgehead atoms. The van der Waals surface area contributed by atoms with Gasteiger partial charge in [-0.2, -0.15) is 0 Å². The number of rotatable bonds is 9. The third kappa shape index (κ3) is 5.21.